The summed E-state index contributed by atoms with van der Waals surface area (Å²) in [6.45, 7) is 3.31. The Morgan fingerprint density at radius 3 is 2.75 bits per heavy atom. The van der Waals surface area contributed by atoms with Crippen molar-refractivity contribution in [2.75, 3.05) is 7.11 Å². The van der Waals surface area contributed by atoms with Crippen LogP contribution >= 0.6 is 11.6 Å². The van der Waals surface area contributed by atoms with Gasteiger partial charge in [-0.3, -0.25) is 0 Å². The second kappa shape index (κ2) is 5.92. The third-order valence-electron chi connectivity index (χ3n) is 2.56. The van der Waals surface area contributed by atoms with Gasteiger partial charge < -0.3 is 13.9 Å². The van der Waals surface area contributed by atoms with E-state index < -0.39 is 12.1 Å². The fourth-order valence-corrected chi connectivity index (χ4v) is 1.74. The predicted molar refractivity (Wildman–Crippen MR) is 70.9 cm³/mol. The number of rotatable bonds is 4. The van der Waals surface area contributed by atoms with Gasteiger partial charge in [-0.2, -0.15) is 0 Å². The molecular weight excluding hydrogens is 284 g/mol. The smallest absolute Gasteiger partial charge is 0.339 e. The van der Waals surface area contributed by atoms with E-state index in [1.165, 1.54) is 13.2 Å². The second-order valence-electron chi connectivity index (χ2n) is 4.06. The number of aromatic nitrogens is 2. The topological polar surface area (TPSA) is 74.5 Å². The van der Waals surface area contributed by atoms with Gasteiger partial charge in [-0.05, 0) is 25.1 Å². The van der Waals surface area contributed by atoms with Crippen molar-refractivity contribution in [1.82, 2.24) is 10.2 Å². The average Bonchev–Trinajstić information content (AvgIpc) is 2.86. The highest BCUT2D eigenvalue weighted by molar-refractivity contribution is 6.32. The molecule has 0 radical (unpaired) electrons. The Kier molecular flexibility index (Phi) is 4.24. The largest absolute Gasteiger partial charge is 0.495 e. The molecule has 0 aliphatic heterocycles. The van der Waals surface area contributed by atoms with E-state index in [-0.39, 0.29) is 5.89 Å². The number of halogens is 1. The molecule has 2 aromatic rings. The minimum absolute atomic E-state index is 0.247. The normalized spacial score (nSPS) is 12.0. The maximum absolute atomic E-state index is 12.0. The number of ether oxygens (including phenoxy) is 2. The molecule has 0 amide bonds. The van der Waals surface area contributed by atoms with Gasteiger partial charge in [0.25, 0.3) is 5.89 Å². The monoisotopic (exact) mass is 296 g/mol. The third kappa shape index (κ3) is 3.08. The molecule has 20 heavy (non-hydrogen) atoms. The van der Waals surface area contributed by atoms with Gasteiger partial charge in [-0.1, -0.05) is 11.6 Å². The van der Waals surface area contributed by atoms with Crippen molar-refractivity contribution in [2.45, 2.75) is 20.0 Å². The summed E-state index contributed by atoms with van der Waals surface area (Å²) in [4.78, 5) is 12.0. The van der Waals surface area contributed by atoms with E-state index in [0.717, 1.165) is 0 Å². The van der Waals surface area contributed by atoms with Crippen LogP contribution in [0.4, 0.5) is 0 Å². The molecule has 106 valence electrons. The number of benzene rings is 1. The van der Waals surface area contributed by atoms with Gasteiger partial charge in [0.2, 0.25) is 5.89 Å². The second-order valence-corrected chi connectivity index (χ2v) is 4.46. The molecule has 1 atom stereocenters. The molecule has 0 saturated carbocycles. The van der Waals surface area contributed by atoms with Gasteiger partial charge in [0, 0.05) is 6.92 Å². The lowest BCUT2D eigenvalue weighted by Gasteiger charge is -2.10. The molecule has 1 unspecified atom stereocenters. The van der Waals surface area contributed by atoms with Crippen molar-refractivity contribution in [1.29, 1.82) is 0 Å². The van der Waals surface area contributed by atoms with Crippen LogP contribution in [0.2, 0.25) is 5.02 Å². The minimum atomic E-state index is -0.634. The van der Waals surface area contributed by atoms with Crippen LogP contribution in [0.5, 0.6) is 5.75 Å². The van der Waals surface area contributed by atoms with E-state index in [2.05, 4.69) is 10.2 Å². The maximum Gasteiger partial charge on any atom is 0.339 e. The summed E-state index contributed by atoms with van der Waals surface area (Å²) in [5.41, 5.74) is 0.328. The number of hydrogen-bond donors (Lipinski definition) is 0. The lowest BCUT2D eigenvalue weighted by molar-refractivity contribution is 0.0276. The molecule has 7 heteroatoms. The molecule has 1 aromatic carbocycles. The highest BCUT2D eigenvalue weighted by atomic mass is 35.5. The SMILES string of the molecule is COc1cc(C(=O)OC(C)c2nnc(C)o2)ccc1Cl. The lowest BCUT2D eigenvalue weighted by Crippen LogP contribution is -2.09. The highest BCUT2D eigenvalue weighted by Gasteiger charge is 2.19. The molecule has 0 fully saturated rings. The van der Waals surface area contributed by atoms with Crippen molar-refractivity contribution < 1.29 is 18.7 Å². The van der Waals surface area contributed by atoms with Crippen molar-refractivity contribution in [2.24, 2.45) is 0 Å². The minimum Gasteiger partial charge on any atom is -0.495 e. The van der Waals surface area contributed by atoms with Gasteiger partial charge >= 0.3 is 5.97 Å². The van der Waals surface area contributed by atoms with Crippen LogP contribution in [0, 0.1) is 6.92 Å². The quantitative estimate of drug-likeness (QED) is 0.808. The number of carbonyl (C=O) groups excluding carboxylic acids is 1. The maximum atomic E-state index is 12.0. The lowest BCUT2D eigenvalue weighted by atomic mass is 10.2. The summed E-state index contributed by atoms with van der Waals surface area (Å²) in [6, 6.07) is 4.63. The number of carbonyl (C=O) groups is 1. The Hall–Kier alpha value is -2.08. The Labute approximate surface area is 120 Å². The van der Waals surface area contributed by atoms with Crippen molar-refractivity contribution in [3.63, 3.8) is 0 Å². The summed E-state index contributed by atoms with van der Waals surface area (Å²) < 4.78 is 15.5. The molecular formula is C13H13ClN2O4. The number of esters is 1. The Balaban J connectivity index is 2.12. The van der Waals surface area contributed by atoms with Crippen LogP contribution < -0.4 is 4.74 Å². The van der Waals surface area contributed by atoms with Crippen molar-refractivity contribution >= 4 is 17.6 Å². The van der Waals surface area contributed by atoms with Gasteiger partial charge in [0.05, 0.1) is 17.7 Å². The first kappa shape index (κ1) is 14.3. The zero-order chi connectivity index (χ0) is 14.7. The van der Waals surface area contributed by atoms with Crippen LogP contribution in [0.25, 0.3) is 0 Å². The fraction of sp³-hybridized carbons (Fsp3) is 0.308. The summed E-state index contributed by atoms with van der Waals surface area (Å²) >= 11 is 5.90. The third-order valence-corrected chi connectivity index (χ3v) is 2.87. The number of aryl methyl sites for hydroxylation is 1. The first-order valence-electron chi connectivity index (χ1n) is 5.85. The first-order valence-corrected chi connectivity index (χ1v) is 6.23. The standard InChI is InChI=1S/C13H13ClN2O4/c1-7(12-16-15-8(2)20-12)19-13(17)9-4-5-10(14)11(6-9)18-3/h4-7H,1-3H3. The van der Waals surface area contributed by atoms with Crippen LogP contribution in [0.1, 0.15) is 35.2 Å². The molecule has 0 bridgehead atoms. The van der Waals surface area contributed by atoms with Gasteiger partial charge in [-0.15, -0.1) is 10.2 Å². The molecule has 0 aliphatic carbocycles. The summed E-state index contributed by atoms with van der Waals surface area (Å²) in [7, 11) is 1.47. The van der Waals surface area contributed by atoms with E-state index in [1.807, 2.05) is 0 Å². The Bertz CT molecular complexity index is 627. The molecule has 0 aliphatic rings. The molecule has 2 rings (SSSR count). The summed E-state index contributed by atoms with van der Waals surface area (Å²) in [5, 5.41) is 7.90. The van der Waals surface area contributed by atoms with Crippen LogP contribution in [-0.2, 0) is 4.74 Å². The van der Waals surface area contributed by atoms with Crippen LogP contribution in [-0.4, -0.2) is 23.3 Å². The van der Waals surface area contributed by atoms with Crippen LogP contribution in [0.3, 0.4) is 0 Å². The van der Waals surface area contributed by atoms with E-state index in [0.29, 0.717) is 22.2 Å². The Morgan fingerprint density at radius 1 is 1.40 bits per heavy atom. The van der Waals surface area contributed by atoms with E-state index >= 15 is 0 Å². The Morgan fingerprint density at radius 2 is 2.15 bits per heavy atom. The molecule has 0 saturated heterocycles. The van der Waals surface area contributed by atoms with Gasteiger partial charge in [0.1, 0.15) is 5.75 Å². The molecule has 1 aromatic heterocycles. The van der Waals surface area contributed by atoms with E-state index in [4.69, 9.17) is 25.5 Å². The highest BCUT2D eigenvalue weighted by Crippen LogP contribution is 2.26. The predicted octanol–water partition coefficient (Wildman–Crippen LogP) is 2.96. The zero-order valence-corrected chi connectivity index (χ0v) is 12.0. The molecule has 0 N–H and O–H groups in total. The first-order chi connectivity index (χ1) is 9.51. The number of hydrogen-bond acceptors (Lipinski definition) is 6. The summed E-state index contributed by atoms with van der Waals surface area (Å²) in [5.74, 6) is 0.540. The van der Waals surface area contributed by atoms with Crippen LogP contribution in [0.15, 0.2) is 22.6 Å². The molecule has 1 heterocycles. The van der Waals surface area contributed by atoms with Gasteiger partial charge in [0.15, 0.2) is 6.10 Å². The van der Waals surface area contributed by atoms with Crippen molar-refractivity contribution in [3.05, 3.63) is 40.6 Å². The number of nitrogens with zero attached hydrogens (tertiary/aromatic N) is 2. The van der Waals surface area contributed by atoms with E-state index in [9.17, 15) is 4.79 Å². The zero-order valence-electron chi connectivity index (χ0n) is 11.2. The summed E-state index contributed by atoms with van der Waals surface area (Å²) in [6.07, 6.45) is -0.634. The fourth-order valence-electron chi connectivity index (χ4n) is 1.54. The molecule has 6 nitrogen and oxygen atoms in total. The van der Waals surface area contributed by atoms with E-state index in [1.54, 1.807) is 26.0 Å². The average molecular weight is 297 g/mol. The van der Waals surface area contributed by atoms with Gasteiger partial charge in [-0.25, -0.2) is 4.79 Å². The van der Waals surface area contributed by atoms with Crippen molar-refractivity contribution in [3.8, 4) is 5.75 Å². The molecule has 0 spiro atoms. The number of methoxy groups -OCH3 is 1.